The Morgan fingerprint density at radius 2 is 1.79 bits per heavy atom. The molecule has 4 N–H and O–H groups in total. The minimum Gasteiger partial charge on any atom is -0.481 e. The maximum Gasteiger partial charge on any atom is 0.490 e. The van der Waals surface area contributed by atoms with Gasteiger partial charge in [-0.1, -0.05) is 5.92 Å². The second kappa shape index (κ2) is 13.6. The van der Waals surface area contributed by atoms with Crippen LogP contribution in [0.25, 0.3) is 0 Å². The van der Waals surface area contributed by atoms with Crippen LogP contribution in [0.1, 0.15) is 32.1 Å². The third kappa shape index (κ3) is 11.0. The summed E-state index contributed by atoms with van der Waals surface area (Å²) >= 11 is 0. The molecule has 2 saturated heterocycles. The normalized spacial score (nSPS) is 19.9. The number of carbonyl (C=O) groups is 4. The van der Waals surface area contributed by atoms with Crippen molar-refractivity contribution in [2.45, 2.75) is 50.4 Å². The number of carboxylic acids is 2. The van der Waals surface area contributed by atoms with Crippen LogP contribution in [-0.4, -0.2) is 90.0 Å². The average molecular weight is 479 g/mol. The first-order chi connectivity index (χ1) is 15.4. The number of nitrogens with one attached hydrogen (secondary N) is 2. The lowest BCUT2D eigenvalue weighted by Gasteiger charge is -2.33. The van der Waals surface area contributed by atoms with Gasteiger partial charge in [0.2, 0.25) is 11.8 Å². The Labute approximate surface area is 188 Å². The molecule has 186 valence electrons. The standard InChI is InChI=1S/C18H27N3O5.C2HF3O2/c1-2-14(10-17(23)24)20-18(25)13-4-3-9-21(11-13)16(22)12-26-15-5-7-19-8-6-15;3-2(4,5)1(6)7/h1,13-15,19H,3-12H2,(H,20,25)(H,23,24);(H,6,7)/t13-,14+;/m1./s1. The zero-order valence-corrected chi connectivity index (χ0v) is 17.9. The zero-order valence-electron chi connectivity index (χ0n) is 17.9. The molecule has 0 radical (unpaired) electrons. The summed E-state index contributed by atoms with van der Waals surface area (Å²) in [6.07, 6.45) is 3.14. The van der Waals surface area contributed by atoms with Crippen LogP contribution >= 0.6 is 0 Å². The minimum absolute atomic E-state index is 0.0327. The van der Waals surface area contributed by atoms with Crippen molar-refractivity contribution in [2.24, 2.45) is 5.92 Å². The number of hydrogen-bond donors (Lipinski definition) is 4. The molecule has 0 aromatic heterocycles. The third-order valence-corrected chi connectivity index (χ3v) is 5.01. The van der Waals surface area contributed by atoms with Gasteiger partial charge in [-0.15, -0.1) is 6.42 Å². The molecule has 0 saturated carbocycles. The van der Waals surface area contributed by atoms with Crippen LogP contribution < -0.4 is 10.6 Å². The van der Waals surface area contributed by atoms with Gasteiger partial charge in [0.1, 0.15) is 12.6 Å². The summed E-state index contributed by atoms with van der Waals surface area (Å²) in [5.74, 6) is -2.34. The van der Waals surface area contributed by atoms with Crippen molar-refractivity contribution in [3.63, 3.8) is 0 Å². The van der Waals surface area contributed by atoms with Crippen LogP contribution in [0.4, 0.5) is 13.2 Å². The fourth-order valence-corrected chi connectivity index (χ4v) is 3.28. The molecular weight excluding hydrogens is 451 g/mol. The molecule has 0 spiro atoms. The second-order valence-corrected chi connectivity index (χ2v) is 7.57. The van der Waals surface area contributed by atoms with E-state index in [2.05, 4.69) is 16.6 Å². The fourth-order valence-electron chi connectivity index (χ4n) is 3.28. The lowest BCUT2D eigenvalue weighted by Crippen LogP contribution is -2.48. The molecule has 2 amide bonds. The van der Waals surface area contributed by atoms with Gasteiger partial charge in [-0.2, -0.15) is 13.2 Å². The third-order valence-electron chi connectivity index (χ3n) is 5.01. The predicted molar refractivity (Wildman–Crippen MR) is 108 cm³/mol. The Morgan fingerprint density at radius 3 is 2.30 bits per heavy atom. The average Bonchev–Trinajstić information content (AvgIpc) is 2.77. The molecular formula is C20H28F3N3O7. The van der Waals surface area contributed by atoms with E-state index in [1.165, 1.54) is 0 Å². The molecule has 33 heavy (non-hydrogen) atoms. The molecule has 0 aromatic carbocycles. The molecule has 13 heteroatoms. The van der Waals surface area contributed by atoms with Gasteiger partial charge in [0.05, 0.1) is 18.4 Å². The van der Waals surface area contributed by atoms with E-state index < -0.39 is 24.2 Å². The van der Waals surface area contributed by atoms with Gasteiger partial charge < -0.3 is 30.5 Å². The molecule has 0 unspecified atom stereocenters. The molecule has 10 nitrogen and oxygen atoms in total. The second-order valence-electron chi connectivity index (χ2n) is 7.57. The Kier molecular flexibility index (Phi) is 11.7. The van der Waals surface area contributed by atoms with Crippen LogP contribution in [-0.2, 0) is 23.9 Å². The van der Waals surface area contributed by atoms with E-state index in [0.29, 0.717) is 19.5 Å². The number of rotatable bonds is 7. The molecule has 0 aromatic rings. The SMILES string of the molecule is C#C[C@@H](CC(=O)O)NC(=O)[C@@H]1CCCN(C(=O)COC2CCNCC2)C1.O=C(O)C(F)(F)F. The Morgan fingerprint density at radius 1 is 1.18 bits per heavy atom. The van der Waals surface area contributed by atoms with Gasteiger partial charge in [0, 0.05) is 13.1 Å². The number of ether oxygens (including phenoxy) is 1. The highest BCUT2D eigenvalue weighted by atomic mass is 19.4. The fraction of sp³-hybridized carbons (Fsp3) is 0.700. The Hall–Kier alpha value is -2.85. The van der Waals surface area contributed by atoms with Crippen molar-refractivity contribution in [3.8, 4) is 12.3 Å². The summed E-state index contributed by atoms with van der Waals surface area (Å²) in [6.45, 7) is 2.75. The maximum absolute atomic E-state index is 12.4. The molecule has 2 atom stereocenters. The number of amides is 2. The number of hydrogen-bond acceptors (Lipinski definition) is 6. The number of terminal acetylenes is 1. The van der Waals surface area contributed by atoms with Crippen molar-refractivity contribution in [1.29, 1.82) is 0 Å². The van der Waals surface area contributed by atoms with Gasteiger partial charge in [-0.25, -0.2) is 4.79 Å². The van der Waals surface area contributed by atoms with Crippen molar-refractivity contribution < 1.29 is 47.3 Å². The zero-order chi connectivity index (χ0) is 25.0. The lowest BCUT2D eigenvalue weighted by molar-refractivity contribution is -0.192. The molecule has 0 bridgehead atoms. The van der Waals surface area contributed by atoms with Crippen molar-refractivity contribution in [2.75, 3.05) is 32.8 Å². The van der Waals surface area contributed by atoms with Crippen molar-refractivity contribution in [1.82, 2.24) is 15.5 Å². The number of carboxylic acid groups (broad SMARTS) is 2. The first-order valence-electron chi connectivity index (χ1n) is 10.3. The van der Waals surface area contributed by atoms with Crippen LogP contribution in [0.3, 0.4) is 0 Å². The van der Waals surface area contributed by atoms with Gasteiger partial charge in [-0.05, 0) is 38.8 Å². The smallest absolute Gasteiger partial charge is 0.481 e. The molecule has 2 heterocycles. The van der Waals surface area contributed by atoms with E-state index in [-0.39, 0.29) is 36.9 Å². The highest BCUT2D eigenvalue weighted by Crippen LogP contribution is 2.18. The number of carbonyl (C=O) groups excluding carboxylic acids is 2. The van der Waals surface area contributed by atoms with Crippen LogP contribution in [0.15, 0.2) is 0 Å². The summed E-state index contributed by atoms with van der Waals surface area (Å²) in [7, 11) is 0. The van der Waals surface area contributed by atoms with Gasteiger partial charge >= 0.3 is 18.1 Å². The number of alkyl halides is 3. The number of nitrogens with zero attached hydrogens (tertiary/aromatic N) is 1. The Bertz CT molecular complexity index is 733. The summed E-state index contributed by atoms with van der Waals surface area (Å²) < 4.78 is 37.4. The van der Waals surface area contributed by atoms with E-state index in [9.17, 15) is 27.6 Å². The number of likely N-dealkylation sites (tertiary alicyclic amines) is 1. The first kappa shape index (κ1) is 28.2. The van der Waals surface area contributed by atoms with Crippen LogP contribution in [0.5, 0.6) is 0 Å². The van der Waals surface area contributed by atoms with Gasteiger partial charge in [0.15, 0.2) is 0 Å². The van der Waals surface area contributed by atoms with E-state index in [1.807, 2.05) is 0 Å². The van der Waals surface area contributed by atoms with Crippen molar-refractivity contribution >= 4 is 23.8 Å². The molecule has 0 aliphatic carbocycles. The van der Waals surface area contributed by atoms with E-state index in [1.54, 1.807) is 4.90 Å². The van der Waals surface area contributed by atoms with Gasteiger partial charge in [0.25, 0.3) is 0 Å². The summed E-state index contributed by atoms with van der Waals surface area (Å²) in [5.41, 5.74) is 0. The largest absolute Gasteiger partial charge is 0.490 e. The summed E-state index contributed by atoms with van der Waals surface area (Å²) in [5, 5.41) is 21.8. The van der Waals surface area contributed by atoms with E-state index >= 15 is 0 Å². The molecule has 2 aliphatic rings. The lowest BCUT2D eigenvalue weighted by atomic mass is 9.96. The number of halogens is 3. The number of piperidine rings is 2. The highest BCUT2D eigenvalue weighted by molar-refractivity contribution is 5.82. The molecule has 2 aliphatic heterocycles. The summed E-state index contributed by atoms with van der Waals surface area (Å²) in [6, 6.07) is -0.839. The quantitative estimate of drug-likeness (QED) is 0.380. The van der Waals surface area contributed by atoms with Gasteiger partial charge in [-0.3, -0.25) is 14.4 Å². The molecule has 2 fully saturated rings. The minimum atomic E-state index is -5.08. The van der Waals surface area contributed by atoms with Crippen LogP contribution in [0.2, 0.25) is 0 Å². The number of aliphatic carboxylic acids is 2. The van der Waals surface area contributed by atoms with E-state index in [0.717, 1.165) is 32.4 Å². The van der Waals surface area contributed by atoms with Crippen molar-refractivity contribution in [3.05, 3.63) is 0 Å². The van der Waals surface area contributed by atoms with E-state index in [4.69, 9.17) is 26.2 Å². The van der Waals surface area contributed by atoms with Crippen LogP contribution in [0, 0.1) is 18.3 Å². The highest BCUT2D eigenvalue weighted by Gasteiger charge is 2.38. The maximum atomic E-state index is 12.4. The summed E-state index contributed by atoms with van der Waals surface area (Å²) in [4.78, 5) is 46.0. The topological polar surface area (TPSA) is 145 Å². The monoisotopic (exact) mass is 479 g/mol. The Balaban J connectivity index is 0.000000675. The molecule has 2 rings (SSSR count). The predicted octanol–water partition coefficient (Wildman–Crippen LogP) is 0.220. The first-order valence-corrected chi connectivity index (χ1v) is 10.3.